The van der Waals surface area contributed by atoms with Gasteiger partial charge < -0.3 is 14.1 Å². The Labute approximate surface area is 201 Å². The van der Waals surface area contributed by atoms with Crippen LogP contribution in [0.15, 0.2) is 71.5 Å². The van der Waals surface area contributed by atoms with E-state index < -0.39 is 5.97 Å². The van der Waals surface area contributed by atoms with Gasteiger partial charge in [0, 0.05) is 24.7 Å². The first-order valence-electron chi connectivity index (χ1n) is 11.4. The van der Waals surface area contributed by atoms with Gasteiger partial charge in [0.25, 0.3) is 0 Å². The summed E-state index contributed by atoms with van der Waals surface area (Å²) in [7, 11) is 0. The van der Waals surface area contributed by atoms with E-state index in [1.165, 1.54) is 12.3 Å². The Kier molecular flexibility index (Phi) is 6.21. The van der Waals surface area contributed by atoms with Gasteiger partial charge in [-0.1, -0.05) is 55.8 Å². The fraction of sp³-hybridized carbons (Fsp3) is 0.192. The Morgan fingerprint density at radius 3 is 2.71 bits per heavy atom. The molecule has 0 saturated carbocycles. The number of imidazole rings is 1. The topological polar surface area (TPSA) is 123 Å². The van der Waals surface area contributed by atoms with Crippen molar-refractivity contribution in [2.75, 3.05) is 0 Å². The van der Waals surface area contributed by atoms with Gasteiger partial charge in [0.1, 0.15) is 17.1 Å². The van der Waals surface area contributed by atoms with Crippen molar-refractivity contribution >= 4 is 5.97 Å². The predicted octanol–water partition coefficient (Wildman–Crippen LogP) is 5.08. The summed E-state index contributed by atoms with van der Waals surface area (Å²) >= 11 is 0. The van der Waals surface area contributed by atoms with E-state index >= 15 is 0 Å². The summed E-state index contributed by atoms with van der Waals surface area (Å²) in [6.07, 6.45) is 6.02. The number of nitrogens with one attached hydrogen (secondary N) is 1. The minimum Gasteiger partial charge on any atom is -0.478 e. The summed E-state index contributed by atoms with van der Waals surface area (Å²) in [6.45, 7) is 2.68. The Bertz CT molecular complexity index is 1440. The second-order valence-corrected chi connectivity index (χ2v) is 8.24. The highest BCUT2D eigenvalue weighted by molar-refractivity contribution is 5.93. The van der Waals surface area contributed by atoms with Crippen molar-refractivity contribution in [3.05, 3.63) is 84.0 Å². The van der Waals surface area contributed by atoms with Gasteiger partial charge in [0.2, 0.25) is 0 Å². The molecule has 0 bridgehead atoms. The van der Waals surface area contributed by atoms with Gasteiger partial charge in [-0.3, -0.25) is 0 Å². The van der Waals surface area contributed by atoms with Gasteiger partial charge in [0.15, 0.2) is 11.6 Å². The van der Waals surface area contributed by atoms with Crippen molar-refractivity contribution in [3.63, 3.8) is 0 Å². The molecule has 2 N–H and O–H groups in total. The molecule has 0 aliphatic carbocycles. The van der Waals surface area contributed by atoms with E-state index in [9.17, 15) is 9.90 Å². The molecule has 0 saturated heterocycles. The van der Waals surface area contributed by atoms with Crippen LogP contribution in [0.3, 0.4) is 0 Å². The lowest BCUT2D eigenvalue weighted by Gasteiger charge is -2.12. The molecule has 0 fully saturated rings. The summed E-state index contributed by atoms with van der Waals surface area (Å²) in [5, 5.41) is 24.0. The van der Waals surface area contributed by atoms with Crippen LogP contribution in [0.5, 0.6) is 0 Å². The average Bonchev–Trinajstić information content (AvgIpc) is 3.64. The molecule has 3 aromatic heterocycles. The lowest BCUT2D eigenvalue weighted by atomic mass is 9.97. The van der Waals surface area contributed by atoms with Crippen LogP contribution in [0.25, 0.3) is 34.0 Å². The molecule has 5 rings (SSSR count). The summed E-state index contributed by atoms with van der Waals surface area (Å²) in [5.74, 6) is 0.691. The molecule has 0 unspecified atom stereocenters. The van der Waals surface area contributed by atoms with Crippen LogP contribution in [0.2, 0.25) is 0 Å². The van der Waals surface area contributed by atoms with Gasteiger partial charge in [-0.15, -0.1) is 5.10 Å². The van der Waals surface area contributed by atoms with Crippen molar-refractivity contribution in [3.8, 4) is 34.0 Å². The number of carboxylic acid groups (broad SMARTS) is 1. The molecule has 0 aliphatic heterocycles. The third-order valence-corrected chi connectivity index (χ3v) is 5.86. The quantitative estimate of drug-likeness (QED) is 0.309. The van der Waals surface area contributed by atoms with Gasteiger partial charge in [0.05, 0.1) is 6.26 Å². The lowest BCUT2D eigenvalue weighted by molar-refractivity contribution is 0.0697. The van der Waals surface area contributed by atoms with Gasteiger partial charge in [-0.25, -0.2) is 14.9 Å². The number of aryl methyl sites for hydroxylation is 1. The molecule has 0 amide bonds. The minimum absolute atomic E-state index is 0.101. The lowest BCUT2D eigenvalue weighted by Crippen LogP contribution is -2.05. The summed E-state index contributed by atoms with van der Waals surface area (Å²) < 4.78 is 7.54. The molecule has 176 valence electrons. The maximum absolute atomic E-state index is 11.6. The Morgan fingerprint density at radius 1 is 1.11 bits per heavy atom. The number of aromatic carboxylic acids is 1. The second kappa shape index (κ2) is 9.76. The maximum atomic E-state index is 11.6. The highest BCUT2D eigenvalue weighted by Gasteiger charge is 2.20. The van der Waals surface area contributed by atoms with Crippen LogP contribution >= 0.6 is 0 Å². The molecule has 9 heteroatoms. The minimum atomic E-state index is -1.04. The molecule has 0 spiro atoms. The van der Waals surface area contributed by atoms with Crippen molar-refractivity contribution in [2.45, 2.75) is 32.7 Å². The predicted molar refractivity (Wildman–Crippen MR) is 130 cm³/mol. The molecule has 2 aromatic carbocycles. The number of tetrazole rings is 1. The molecule has 0 aliphatic rings. The molecular formula is C26H24N6O3. The molecule has 9 nitrogen and oxygen atoms in total. The monoisotopic (exact) mass is 468 g/mol. The van der Waals surface area contributed by atoms with Crippen molar-refractivity contribution < 1.29 is 14.3 Å². The van der Waals surface area contributed by atoms with E-state index in [2.05, 4.69) is 62.4 Å². The third-order valence-electron chi connectivity index (χ3n) is 5.86. The number of hydrogen-bond donors (Lipinski definition) is 2. The number of nitrogens with zero attached hydrogens (tertiary/aromatic N) is 5. The van der Waals surface area contributed by atoms with Gasteiger partial charge in [-0.05, 0) is 45.7 Å². The van der Waals surface area contributed by atoms with Crippen LogP contribution in [-0.2, 0) is 13.0 Å². The van der Waals surface area contributed by atoms with Crippen LogP contribution in [0, 0.1) is 0 Å². The number of furan rings is 1. The van der Waals surface area contributed by atoms with Crippen LogP contribution in [0.4, 0.5) is 0 Å². The standard InChI is InChI=1S/C26H24N6O3/c1-2-3-9-23-27-22(24-20(26(33)34)12-13-35-24)16-32(23)15-17-10-11-19(18-7-5-4-6-8-18)21(14-17)25-28-30-31-29-25/h4-8,10-14,16H,2-3,9,15H2,1H3,(H,33,34)(H,28,29,30,31). The average molecular weight is 469 g/mol. The van der Waals surface area contributed by atoms with Crippen LogP contribution in [-0.4, -0.2) is 41.3 Å². The summed E-state index contributed by atoms with van der Waals surface area (Å²) in [4.78, 5) is 16.3. The summed E-state index contributed by atoms with van der Waals surface area (Å²) in [6, 6.07) is 17.8. The van der Waals surface area contributed by atoms with Crippen molar-refractivity contribution in [1.29, 1.82) is 0 Å². The zero-order valence-electron chi connectivity index (χ0n) is 19.2. The van der Waals surface area contributed by atoms with E-state index in [1.807, 2.05) is 24.4 Å². The number of aromatic amines is 1. The zero-order valence-corrected chi connectivity index (χ0v) is 19.2. The molecule has 35 heavy (non-hydrogen) atoms. The number of benzene rings is 2. The fourth-order valence-corrected chi connectivity index (χ4v) is 4.14. The van der Waals surface area contributed by atoms with E-state index in [0.29, 0.717) is 18.1 Å². The first-order valence-corrected chi connectivity index (χ1v) is 11.4. The third kappa shape index (κ3) is 4.61. The van der Waals surface area contributed by atoms with Crippen molar-refractivity contribution in [1.82, 2.24) is 30.2 Å². The number of carboxylic acids is 1. The van der Waals surface area contributed by atoms with E-state index in [-0.39, 0.29) is 11.3 Å². The number of carbonyl (C=O) groups is 1. The Balaban J connectivity index is 1.54. The molecular weight excluding hydrogens is 444 g/mol. The summed E-state index contributed by atoms with van der Waals surface area (Å²) in [5.41, 5.74) is 4.64. The second-order valence-electron chi connectivity index (χ2n) is 8.24. The first-order chi connectivity index (χ1) is 17.1. The maximum Gasteiger partial charge on any atom is 0.339 e. The normalized spacial score (nSPS) is 11.1. The highest BCUT2D eigenvalue weighted by Crippen LogP contribution is 2.32. The molecule has 3 heterocycles. The zero-order chi connectivity index (χ0) is 24.2. The first kappa shape index (κ1) is 22.3. The number of rotatable bonds is 9. The Hall–Kier alpha value is -4.53. The highest BCUT2D eigenvalue weighted by atomic mass is 16.4. The van der Waals surface area contributed by atoms with Crippen LogP contribution in [0.1, 0.15) is 41.5 Å². The van der Waals surface area contributed by atoms with Gasteiger partial charge >= 0.3 is 5.97 Å². The number of hydrogen-bond acceptors (Lipinski definition) is 6. The number of aromatic nitrogens is 6. The SMILES string of the molecule is CCCCc1nc(-c2occc2C(=O)O)cn1Cc1ccc(-c2ccccc2)c(-c2nnn[nH]2)c1. The van der Waals surface area contributed by atoms with Gasteiger partial charge in [-0.2, -0.15) is 0 Å². The smallest absolute Gasteiger partial charge is 0.339 e. The number of unbranched alkanes of at least 4 members (excludes halogenated alkanes) is 1. The van der Waals surface area contributed by atoms with E-state index in [4.69, 9.17) is 9.40 Å². The Morgan fingerprint density at radius 2 is 1.97 bits per heavy atom. The molecule has 5 aromatic rings. The van der Waals surface area contributed by atoms with Crippen molar-refractivity contribution in [2.24, 2.45) is 0 Å². The molecule has 0 atom stereocenters. The number of H-pyrrole nitrogens is 1. The largest absolute Gasteiger partial charge is 0.478 e. The van der Waals surface area contributed by atoms with Crippen LogP contribution < -0.4 is 0 Å². The molecule has 0 radical (unpaired) electrons. The van der Waals surface area contributed by atoms with E-state index in [1.54, 1.807) is 0 Å². The van der Waals surface area contributed by atoms with E-state index in [0.717, 1.165) is 47.3 Å². The fourth-order valence-electron chi connectivity index (χ4n) is 4.14.